The zero-order valence-corrected chi connectivity index (χ0v) is 5.21. The summed E-state index contributed by atoms with van der Waals surface area (Å²) in [6.45, 7) is 0. The third-order valence-electron chi connectivity index (χ3n) is 1.25. The Kier molecular flexibility index (Phi) is 1.92. The number of aromatic hydroxyl groups is 1. The van der Waals surface area contributed by atoms with E-state index in [2.05, 4.69) is 0 Å². The third-order valence-corrected chi connectivity index (χ3v) is 1.25. The minimum absolute atomic E-state index is 0.0532. The smallest absolute Gasteiger partial charge is 0.312 e. The van der Waals surface area contributed by atoms with E-state index in [0.717, 1.165) is 0 Å². The average molecular weight is 140 g/mol. The summed E-state index contributed by atoms with van der Waals surface area (Å²) in [6, 6.07) is 3.89. The second-order valence-electron chi connectivity index (χ2n) is 1.90. The fourth-order valence-corrected chi connectivity index (χ4v) is 0.704. The summed E-state index contributed by atoms with van der Waals surface area (Å²) < 4.78 is 12.5. The zero-order chi connectivity index (χ0) is 7.56. The Balaban J connectivity index is 3.17. The van der Waals surface area contributed by atoms with Crippen LogP contribution >= 0.6 is 0 Å². The van der Waals surface area contributed by atoms with E-state index >= 15 is 0 Å². The second-order valence-corrected chi connectivity index (χ2v) is 1.90. The van der Waals surface area contributed by atoms with Gasteiger partial charge in [-0.15, -0.1) is 0 Å². The molecule has 0 amide bonds. The van der Waals surface area contributed by atoms with Crippen molar-refractivity contribution in [1.82, 2.24) is 0 Å². The molecule has 0 spiro atoms. The molecule has 1 aromatic carbocycles. The lowest BCUT2D eigenvalue weighted by Crippen LogP contribution is -2.17. The highest BCUT2D eigenvalue weighted by Crippen LogP contribution is 2.04. The van der Waals surface area contributed by atoms with Crippen molar-refractivity contribution in [2.24, 2.45) is 0 Å². The monoisotopic (exact) mass is 140 g/mol. The van der Waals surface area contributed by atoms with Crippen LogP contribution in [0.3, 0.4) is 0 Å². The number of benzene rings is 1. The molecule has 0 radical (unpaired) electrons. The first-order valence-corrected chi connectivity index (χ1v) is 2.83. The van der Waals surface area contributed by atoms with Crippen LogP contribution < -0.4 is 5.46 Å². The van der Waals surface area contributed by atoms with E-state index in [0.29, 0.717) is 0 Å². The predicted octanol–water partition coefficient (Wildman–Crippen LogP) is -0.500. The van der Waals surface area contributed by atoms with E-state index in [9.17, 15) is 4.39 Å². The van der Waals surface area contributed by atoms with Gasteiger partial charge in [-0.25, -0.2) is 4.39 Å². The minimum atomic E-state index is -0.581. The predicted molar refractivity (Wildman–Crippen MR) is 37.1 cm³/mol. The van der Waals surface area contributed by atoms with Crippen LogP contribution in [0.5, 0.6) is 5.75 Å². The maximum atomic E-state index is 12.5. The molecule has 1 aromatic rings. The lowest BCUT2D eigenvalue weighted by atomic mass is 9.87. The summed E-state index contributed by atoms with van der Waals surface area (Å²) in [6.07, 6.45) is 0. The van der Waals surface area contributed by atoms with Crippen LogP contribution in [-0.2, 0) is 0 Å². The van der Waals surface area contributed by atoms with E-state index in [1.165, 1.54) is 18.2 Å². The van der Waals surface area contributed by atoms with Gasteiger partial charge in [0.05, 0.1) is 0 Å². The van der Waals surface area contributed by atoms with E-state index in [1.807, 2.05) is 0 Å². The first-order chi connectivity index (χ1) is 4.75. The highest BCUT2D eigenvalue weighted by Gasteiger charge is 2.05. The Hall–Kier alpha value is -1.03. The molecule has 0 aliphatic carbocycles. The number of phenolic OH excluding ortho intramolecular Hbond substituents is 1. The molecule has 1 rings (SSSR count). The van der Waals surface area contributed by atoms with Crippen molar-refractivity contribution in [3.8, 4) is 5.75 Å². The topological polar surface area (TPSA) is 40.5 Å². The first-order valence-electron chi connectivity index (χ1n) is 2.83. The summed E-state index contributed by atoms with van der Waals surface area (Å²) in [7, 11) is -0.474. The summed E-state index contributed by atoms with van der Waals surface area (Å²) in [5, 5.41) is 17.4. The van der Waals surface area contributed by atoms with Gasteiger partial charge in [0.15, 0.2) is 0 Å². The largest absolute Gasteiger partial charge is 0.508 e. The Bertz CT molecular complexity index is 219. The quantitative estimate of drug-likeness (QED) is 0.516. The Morgan fingerprint density at radius 2 is 2.10 bits per heavy atom. The normalized spacial score (nSPS) is 9.40. The van der Waals surface area contributed by atoms with Gasteiger partial charge in [0, 0.05) is 5.46 Å². The standard InChI is InChI=1S/C6H6BFO2/c8-4-2-1-3-5(9)6(4)7-10/h1-3,7,9-10H. The Labute approximate surface area is 58.2 Å². The van der Waals surface area contributed by atoms with Gasteiger partial charge in [0.2, 0.25) is 0 Å². The molecule has 0 unspecified atom stereocenters. The molecule has 0 bridgehead atoms. The molecule has 2 nitrogen and oxygen atoms in total. The minimum Gasteiger partial charge on any atom is -0.508 e. The third kappa shape index (κ3) is 1.11. The van der Waals surface area contributed by atoms with Crippen molar-refractivity contribution in [3.05, 3.63) is 24.0 Å². The Morgan fingerprint density at radius 3 is 2.50 bits per heavy atom. The maximum absolute atomic E-state index is 12.5. The number of hydrogen-bond acceptors (Lipinski definition) is 2. The number of phenols is 1. The molecule has 0 aliphatic heterocycles. The molecule has 2 N–H and O–H groups in total. The van der Waals surface area contributed by atoms with Crippen molar-refractivity contribution in [2.45, 2.75) is 0 Å². The molecule has 10 heavy (non-hydrogen) atoms. The molecular formula is C6H6BFO2. The fraction of sp³-hybridized carbons (Fsp3) is 0. The SMILES string of the molecule is OBc1c(O)cccc1F. The second kappa shape index (κ2) is 2.71. The molecule has 52 valence electrons. The highest BCUT2D eigenvalue weighted by atomic mass is 19.1. The molecular weight excluding hydrogens is 134 g/mol. The van der Waals surface area contributed by atoms with Crippen molar-refractivity contribution >= 4 is 12.9 Å². The van der Waals surface area contributed by atoms with E-state index in [-0.39, 0.29) is 11.2 Å². The van der Waals surface area contributed by atoms with Gasteiger partial charge >= 0.3 is 7.48 Å². The fourth-order valence-electron chi connectivity index (χ4n) is 0.704. The van der Waals surface area contributed by atoms with Gasteiger partial charge in [-0.2, -0.15) is 0 Å². The van der Waals surface area contributed by atoms with Crippen molar-refractivity contribution in [2.75, 3.05) is 0 Å². The molecule has 0 fully saturated rings. The number of halogens is 1. The van der Waals surface area contributed by atoms with Crippen LogP contribution in [0.2, 0.25) is 0 Å². The molecule has 0 heterocycles. The first kappa shape index (κ1) is 7.09. The van der Waals surface area contributed by atoms with Crippen LogP contribution in [0, 0.1) is 5.82 Å². The highest BCUT2D eigenvalue weighted by molar-refractivity contribution is 6.47. The van der Waals surface area contributed by atoms with Crippen LogP contribution in [0.25, 0.3) is 0 Å². The van der Waals surface area contributed by atoms with Crippen molar-refractivity contribution in [1.29, 1.82) is 0 Å². The van der Waals surface area contributed by atoms with Crippen LogP contribution in [0.4, 0.5) is 4.39 Å². The zero-order valence-electron chi connectivity index (χ0n) is 5.21. The van der Waals surface area contributed by atoms with Gasteiger partial charge in [0.25, 0.3) is 0 Å². The van der Waals surface area contributed by atoms with E-state index in [4.69, 9.17) is 10.1 Å². The van der Waals surface area contributed by atoms with Gasteiger partial charge in [-0.05, 0) is 12.1 Å². The van der Waals surface area contributed by atoms with Gasteiger partial charge in [-0.1, -0.05) is 6.07 Å². The molecule has 0 atom stereocenters. The van der Waals surface area contributed by atoms with Gasteiger partial charge < -0.3 is 10.1 Å². The lowest BCUT2D eigenvalue weighted by molar-refractivity contribution is 0.473. The molecule has 0 aliphatic rings. The van der Waals surface area contributed by atoms with Crippen molar-refractivity contribution in [3.63, 3.8) is 0 Å². The molecule has 0 aromatic heterocycles. The maximum Gasteiger partial charge on any atom is 0.312 e. The lowest BCUT2D eigenvalue weighted by Gasteiger charge is -1.98. The van der Waals surface area contributed by atoms with Crippen molar-refractivity contribution < 1.29 is 14.5 Å². The van der Waals surface area contributed by atoms with E-state index < -0.39 is 13.3 Å². The van der Waals surface area contributed by atoms with E-state index in [1.54, 1.807) is 0 Å². The van der Waals surface area contributed by atoms with Crippen LogP contribution in [0.1, 0.15) is 0 Å². The molecule has 0 saturated heterocycles. The average Bonchev–Trinajstić information content (AvgIpc) is 1.88. The van der Waals surface area contributed by atoms with Crippen LogP contribution in [0.15, 0.2) is 18.2 Å². The number of hydrogen-bond donors (Lipinski definition) is 2. The summed E-state index contributed by atoms with van der Waals surface area (Å²) in [5.41, 5.74) is -0.0532. The molecule has 4 heteroatoms. The number of rotatable bonds is 1. The van der Waals surface area contributed by atoms with Gasteiger partial charge in [-0.3, -0.25) is 0 Å². The Morgan fingerprint density at radius 1 is 1.40 bits per heavy atom. The molecule has 0 saturated carbocycles. The summed E-state index contributed by atoms with van der Waals surface area (Å²) in [5.74, 6) is -0.787. The van der Waals surface area contributed by atoms with Crippen LogP contribution in [-0.4, -0.2) is 17.6 Å². The van der Waals surface area contributed by atoms with Gasteiger partial charge in [0.1, 0.15) is 11.6 Å². The summed E-state index contributed by atoms with van der Waals surface area (Å²) >= 11 is 0. The summed E-state index contributed by atoms with van der Waals surface area (Å²) in [4.78, 5) is 0.